The molecule has 3 heterocycles. The van der Waals surface area contributed by atoms with E-state index in [-0.39, 0.29) is 0 Å². The molecular weight excluding hydrogens is 389 g/mol. The number of quaternary nitrogens is 1. The van der Waals surface area contributed by atoms with Crippen molar-refractivity contribution in [1.82, 2.24) is 9.97 Å². The standard InChI is InChI=1S/C19H13Cl2N3OS/c1-11-3-2-4-18(22-11)24-19-23-15(10-26-19)17-8-7-16(25-17)13-9-12(20)5-6-14(13)21/h2-10H,1H3,(H,22,23,24)/p+1. The minimum absolute atomic E-state index is 0.591. The van der Waals surface area contributed by atoms with Crippen molar-refractivity contribution in [2.45, 2.75) is 6.92 Å². The summed E-state index contributed by atoms with van der Waals surface area (Å²) >= 11 is 13.9. The quantitative estimate of drug-likeness (QED) is 0.482. The Kier molecular flexibility index (Phi) is 4.78. The van der Waals surface area contributed by atoms with Crippen molar-refractivity contribution in [3.63, 3.8) is 0 Å². The summed E-state index contributed by atoms with van der Waals surface area (Å²) in [5.74, 6) is 2.23. The highest BCUT2D eigenvalue weighted by atomic mass is 35.5. The Balaban J connectivity index is 1.59. The topological polar surface area (TPSA) is 55.5 Å². The number of aryl methyl sites for hydroxylation is 1. The van der Waals surface area contributed by atoms with E-state index < -0.39 is 0 Å². The molecule has 0 aliphatic carbocycles. The molecule has 0 atom stereocenters. The third-order valence-electron chi connectivity index (χ3n) is 3.76. The normalized spacial score (nSPS) is 11.0. The van der Waals surface area contributed by atoms with E-state index in [4.69, 9.17) is 27.6 Å². The Morgan fingerprint density at radius 2 is 1.85 bits per heavy atom. The molecule has 26 heavy (non-hydrogen) atoms. The van der Waals surface area contributed by atoms with E-state index in [1.165, 1.54) is 0 Å². The highest BCUT2D eigenvalue weighted by Crippen LogP contribution is 2.34. The van der Waals surface area contributed by atoms with Gasteiger partial charge in [-0.25, -0.2) is 10.3 Å². The van der Waals surface area contributed by atoms with Gasteiger partial charge in [-0.3, -0.25) is 0 Å². The lowest BCUT2D eigenvalue weighted by atomic mass is 10.2. The van der Waals surface area contributed by atoms with Crippen molar-refractivity contribution in [1.29, 1.82) is 0 Å². The second-order valence-electron chi connectivity index (χ2n) is 5.71. The van der Waals surface area contributed by atoms with Gasteiger partial charge in [-0.15, -0.1) is 0 Å². The highest BCUT2D eigenvalue weighted by Gasteiger charge is 2.15. The van der Waals surface area contributed by atoms with Crippen LogP contribution in [-0.4, -0.2) is 9.97 Å². The molecule has 0 unspecified atom stereocenters. The molecule has 0 bridgehead atoms. The Labute approximate surface area is 164 Å². The molecule has 0 aliphatic heterocycles. The van der Waals surface area contributed by atoms with Crippen LogP contribution in [0.4, 0.5) is 10.9 Å². The van der Waals surface area contributed by atoms with Crippen LogP contribution >= 0.6 is 34.5 Å². The predicted molar refractivity (Wildman–Crippen MR) is 105 cm³/mol. The first-order chi connectivity index (χ1) is 12.6. The van der Waals surface area contributed by atoms with Crippen molar-refractivity contribution in [2.24, 2.45) is 0 Å². The molecule has 4 aromatic rings. The van der Waals surface area contributed by atoms with Gasteiger partial charge in [0.25, 0.3) is 5.13 Å². The molecule has 4 rings (SSSR count). The van der Waals surface area contributed by atoms with Gasteiger partial charge in [0.1, 0.15) is 11.5 Å². The largest absolute Gasteiger partial charge is 0.454 e. The summed E-state index contributed by atoms with van der Waals surface area (Å²) < 4.78 is 5.95. The van der Waals surface area contributed by atoms with E-state index in [0.29, 0.717) is 21.6 Å². The van der Waals surface area contributed by atoms with Crippen LogP contribution < -0.4 is 5.32 Å². The number of benzene rings is 1. The van der Waals surface area contributed by atoms with Gasteiger partial charge in [0.2, 0.25) is 5.82 Å². The number of hydrogen-bond acceptors (Lipinski definition) is 4. The third-order valence-corrected chi connectivity index (χ3v) is 5.11. The first-order valence-corrected chi connectivity index (χ1v) is 9.51. The monoisotopic (exact) mass is 402 g/mol. The average molecular weight is 403 g/mol. The van der Waals surface area contributed by atoms with Crippen molar-refractivity contribution in [2.75, 3.05) is 0 Å². The Morgan fingerprint density at radius 3 is 2.69 bits per heavy atom. The average Bonchev–Trinajstić information content (AvgIpc) is 3.26. The number of nitrogens with zero attached hydrogens (tertiary/aromatic N) is 2. The Morgan fingerprint density at radius 1 is 1.00 bits per heavy atom. The van der Waals surface area contributed by atoms with Gasteiger partial charge in [-0.1, -0.05) is 40.6 Å². The predicted octanol–water partition coefficient (Wildman–Crippen LogP) is 5.61. The number of pyridine rings is 1. The molecule has 0 fully saturated rings. The van der Waals surface area contributed by atoms with Gasteiger partial charge in [-0.05, 0) is 43.3 Å². The van der Waals surface area contributed by atoms with E-state index in [1.807, 2.05) is 48.0 Å². The lowest BCUT2D eigenvalue weighted by Crippen LogP contribution is -2.71. The smallest absolute Gasteiger partial charge is 0.289 e. The van der Waals surface area contributed by atoms with E-state index in [1.54, 1.807) is 29.5 Å². The van der Waals surface area contributed by atoms with Crippen molar-refractivity contribution in [3.8, 4) is 22.8 Å². The highest BCUT2D eigenvalue weighted by molar-refractivity contribution is 7.13. The van der Waals surface area contributed by atoms with Gasteiger partial charge >= 0.3 is 0 Å². The minimum Gasteiger partial charge on any atom is -0.454 e. The summed E-state index contributed by atoms with van der Waals surface area (Å²) in [7, 11) is 0. The lowest BCUT2D eigenvalue weighted by molar-refractivity contribution is -0.482. The number of hydrogen-bond donors (Lipinski definition) is 1. The SMILES string of the molecule is Cc1cccc([NH2+]c2nc(-c3ccc(-c4cc(Cl)ccc4Cl)o3)cs2)n1. The zero-order valence-corrected chi connectivity index (χ0v) is 16.1. The molecule has 0 amide bonds. The van der Waals surface area contributed by atoms with E-state index in [2.05, 4.69) is 9.97 Å². The number of furan rings is 1. The lowest BCUT2D eigenvalue weighted by Gasteiger charge is -2.01. The number of thiazole rings is 1. The maximum absolute atomic E-state index is 6.25. The Hall–Kier alpha value is -2.18. The van der Waals surface area contributed by atoms with Gasteiger partial charge in [0, 0.05) is 27.7 Å². The first kappa shape index (κ1) is 17.2. The van der Waals surface area contributed by atoms with E-state index in [9.17, 15) is 0 Å². The maximum atomic E-state index is 6.25. The molecule has 0 spiro atoms. The molecule has 7 heteroatoms. The molecule has 1 aromatic carbocycles. The van der Waals surface area contributed by atoms with Crippen molar-refractivity contribution >= 4 is 45.5 Å². The zero-order chi connectivity index (χ0) is 18.1. The van der Waals surface area contributed by atoms with Crippen LogP contribution in [0.2, 0.25) is 10.0 Å². The number of aromatic nitrogens is 2. The fourth-order valence-electron chi connectivity index (χ4n) is 2.54. The second kappa shape index (κ2) is 7.21. The molecule has 0 saturated heterocycles. The van der Waals surface area contributed by atoms with Gasteiger partial charge in [0.05, 0.1) is 5.02 Å². The maximum Gasteiger partial charge on any atom is 0.289 e. The molecule has 3 aromatic heterocycles. The molecule has 0 aliphatic rings. The zero-order valence-electron chi connectivity index (χ0n) is 13.7. The van der Waals surface area contributed by atoms with Crippen LogP contribution in [0.15, 0.2) is 58.3 Å². The summed E-state index contributed by atoms with van der Waals surface area (Å²) in [6.45, 7) is 1.97. The van der Waals surface area contributed by atoms with E-state index >= 15 is 0 Å². The van der Waals surface area contributed by atoms with Crippen LogP contribution in [0.25, 0.3) is 22.8 Å². The van der Waals surface area contributed by atoms with Crippen molar-refractivity contribution in [3.05, 3.63) is 69.7 Å². The van der Waals surface area contributed by atoms with E-state index in [0.717, 1.165) is 27.9 Å². The first-order valence-electron chi connectivity index (χ1n) is 7.88. The van der Waals surface area contributed by atoms with Crippen molar-refractivity contribution < 1.29 is 9.73 Å². The fourth-order valence-corrected chi connectivity index (χ4v) is 3.67. The van der Waals surface area contributed by atoms with Gasteiger partial charge < -0.3 is 4.42 Å². The molecule has 130 valence electrons. The van der Waals surface area contributed by atoms with Gasteiger partial charge in [0.15, 0.2) is 5.76 Å². The summed E-state index contributed by atoms with van der Waals surface area (Å²) in [5, 5.41) is 5.99. The summed E-state index contributed by atoms with van der Waals surface area (Å²) in [4.78, 5) is 9.10. The summed E-state index contributed by atoms with van der Waals surface area (Å²) in [5.41, 5.74) is 2.51. The molecule has 0 radical (unpaired) electrons. The van der Waals surface area contributed by atoms with Gasteiger partial charge in [-0.2, -0.15) is 4.98 Å². The number of halogens is 2. The molecule has 2 N–H and O–H groups in total. The number of rotatable bonds is 4. The minimum atomic E-state index is 0.591. The fraction of sp³-hybridized carbons (Fsp3) is 0.0526. The van der Waals surface area contributed by atoms with Crippen LogP contribution in [-0.2, 0) is 0 Å². The summed E-state index contributed by atoms with van der Waals surface area (Å²) in [6.07, 6.45) is 0. The Bertz CT molecular complexity index is 1070. The van der Waals surface area contributed by atoms with Crippen LogP contribution in [0.1, 0.15) is 5.69 Å². The molecule has 4 nitrogen and oxygen atoms in total. The van der Waals surface area contributed by atoms with Crippen LogP contribution in [0.5, 0.6) is 0 Å². The van der Waals surface area contributed by atoms with Crippen LogP contribution in [0.3, 0.4) is 0 Å². The molecule has 0 saturated carbocycles. The third kappa shape index (κ3) is 3.66. The summed E-state index contributed by atoms with van der Waals surface area (Å²) in [6, 6.07) is 15.0. The molecular formula is C19H14Cl2N3OS+. The second-order valence-corrected chi connectivity index (χ2v) is 7.44. The number of nitrogens with two attached hydrogens (primary N) is 1. The van der Waals surface area contributed by atoms with Crippen LogP contribution in [0, 0.1) is 6.92 Å².